The lowest BCUT2D eigenvalue weighted by molar-refractivity contribution is -0.136. The van der Waals surface area contributed by atoms with Gasteiger partial charge in [-0.2, -0.15) is 0 Å². The Balaban J connectivity index is 1.32. The molecule has 4 rings (SSSR count). The number of carbonyl (C=O) groups excluding carboxylic acids is 2. The quantitative estimate of drug-likeness (QED) is 0.182. The lowest BCUT2D eigenvalue weighted by Crippen LogP contribution is -2.19. The van der Waals surface area contributed by atoms with Crippen LogP contribution in [0.2, 0.25) is 0 Å². The van der Waals surface area contributed by atoms with Crippen LogP contribution in [0, 0.1) is 0 Å². The zero-order valence-corrected chi connectivity index (χ0v) is 20.4. The molecular weight excluding hydrogens is 508 g/mol. The number of carbonyl (C=O) groups is 2. The summed E-state index contributed by atoms with van der Waals surface area (Å²) >= 11 is 3.49. The van der Waals surface area contributed by atoms with E-state index in [1.807, 2.05) is 72.8 Å². The fourth-order valence-electron chi connectivity index (χ4n) is 3.43. The van der Waals surface area contributed by atoms with Gasteiger partial charge in [-0.15, -0.1) is 0 Å². The van der Waals surface area contributed by atoms with Crippen LogP contribution in [0.15, 0.2) is 108 Å². The van der Waals surface area contributed by atoms with Crippen molar-refractivity contribution in [2.24, 2.45) is 0 Å². The Labute approximate surface area is 212 Å². The van der Waals surface area contributed by atoms with Gasteiger partial charge in [-0.25, -0.2) is 9.59 Å². The minimum atomic E-state index is -0.631. The van der Waals surface area contributed by atoms with Crippen LogP contribution in [0.5, 0.6) is 11.5 Å². The molecule has 0 N–H and O–H groups in total. The first kappa shape index (κ1) is 24.2. The Morgan fingerprint density at radius 2 is 1.40 bits per heavy atom. The van der Waals surface area contributed by atoms with E-state index in [9.17, 15) is 9.59 Å². The summed E-state index contributed by atoms with van der Waals surface area (Å²) in [5.41, 5.74) is 3.35. The summed E-state index contributed by atoms with van der Waals surface area (Å²) in [6.45, 7) is -0.0953. The zero-order chi connectivity index (χ0) is 24.5. The van der Waals surface area contributed by atoms with E-state index < -0.39 is 11.9 Å². The summed E-state index contributed by atoms with van der Waals surface area (Å²) in [6, 6.07) is 31.8. The molecule has 176 valence electrons. The largest absolute Gasteiger partial charge is 0.481 e. The Bertz CT molecular complexity index is 1290. The molecule has 0 unspecified atom stereocenters. The maximum Gasteiger partial charge on any atom is 0.349 e. The van der Waals surface area contributed by atoms with E-state index in [-0.39, 0.29) is 24.5 Å². The topological polar surface area (TPSA) is 61.8 Å². The number of ether oxygens (including phenoxy) is 3. The van der Waals surface area contributed by atoms with E-state index in [1.165, 1.54) is 0 Å². The molecule has 0 aliphatic carbocycles. The molecule has 0 amide bonds. The van der Waals surface area contributed by atoms with Crippen molar-refractivity contribution in [3.05, 3.63) is 119 Å². The first-order valence-corrected chi connectivity index (χ1v) is 11.9. The highest BCUT2D eigenvalue weighted by Gasteiger charge is 2.17. The highest BCUT2D eigenvalue weighted by atomic mass is 79.9. The summed E-state index contributed by atoms with van der Waals surface area (Å²) < 4.78 is 17.1. The summed E-state index contributed by atoms with van der Waals surface area (Å²) in [5.74, 6) is -0.544. The number of halogens is 1. The number of hydrogen-bond acceptors (Lipinski definition) is 5. The third-order valence-electron chi connectivity index (χ3n) is 5.18. The normalized spacial score (nSPS) is 10.4. The second kappa shape index (κ2) is 12.0. The monoisotopic (exact) mass is 530 g/mol. The molecule has 0 heterocycles. The molecule has 0 fully saturated rings. The van der Waals surface area contributed by atoms with Crippen molar-refractivity contribution in [3.63, 3.8) is 0 Å². The Morgan fingerprint density at radius 3 is 2.14 bits per heavy atom. The Kier molecular flexibility index (Phi) is 8.30. The van der Waals surface area contributed by atoms with Crippen LogP contribution in [-0.2, 0) is 16.0 Å². The molecule has 0 radical (unpaired) electrons. The van der Waals surface area contributed by atoms with Gasteiger partial charge in [0.2, 0.25) is 0 Å². The molecule has 0 atom stereocenters. The van der Waals surface area contributed by atoms with E-state index in [4.69, 9.17) is 14.2 Å². The molecule has 0 saturated carbocycles. The van der Waals surface area contributed by atoms with E-state index in [0.29, 0.717) is 16.6 Å². The van der Waals surface area contributed by atoms with Gasteiger partial charge < -0.3 is 14.2 Å². The van der Waals surface area contributed by atoms with Gasteiger partial charge in [0.1, 0.15) is 17.1 Å². The van der Waals surface area contributed by atoms with Gasteiger partial charge in [0.05, 0.1) is 11.1 Å². The van der Waals surface area contributed by atoms with E-state index in [2.05, 4.69) is 15.9 Å². The maximum absolute atomic E-state index is 12.6. The van der Waals surface area contributed by atoms with Crippen LogP contribution < -0.4 is 9.47 Å². The average molecular weight is 531 g/mol. The first-order chi connectivity index (χ1) is 17.1. The van der Waals surface area contributed by atoms with Crippen LogP contribution in [0.4, 0.5) is 0 Å². The molecule has 0 aliphatic heterocycles. The van der Waals surface area contributed by atoms with Gasteiger partial charge in [-0.1, -0.05) is 78.9 Å². The molecule has 0 aliphatic rings. The number of benzene rings is 4. The molecule has 35 heavy (non-hydrogen) atoms. The zero-order valence-electron chi connectivity index (χ0n) is 18.9. The van der Waals surface area contributed by atoms with Gasteiger partial charge in [0, 0.05) is 6.42 Å². The molecule has 0 spiro atoms. The predicted octanol–water partition coefficient (Wildman–Crippen LogP) is 6.50. The molecular formula is C29H23BrO5. The van der Waals surface area contributed by atoms with E-state index in [0.717, 1.165) is 16.7 Å². The fraction of sp³-hybridized carbons (Fsp3) is 0.103. The molecule has 0 saturated heterocycles. The van der Waals surface area contributed by atoms with Gasteiger partial charge in [0.25, 0.3) is 0 Å². The van der Waals surface area contributed by atoms with Crippen molar-refractivity contribution < 1.29 is 23.8 Å². The Morgan fingerprint density at radius 1 is 0.714 bits per heavy atom. The molecule has 6 heteroatoms. The SMILES string of the molecule is O=C(COc1ccc(-c2ccccc2)cc1Br)Oc1ccccc1C(=O)OCCc1ccccc1. The number of esters is 2. The molecule has 4 aromatic carbocycles. The van der Waals surface area contributed by atoms with Gasteiger partial charge in [-0.05, 0) is 56.9 Å². The lowest BCUT2D eigenvalue weighted by Gasteiger charge is -2.12. The number of rotatable bonds is 9. The van der Waals surface area contributed by atoms with Crippen molar-refractivity contribution in [2.75, 3.05) is 13.2 Å². The summed E-state index contributed by atoms with van der Waals surface area (Å²) in [6.07, 6.45) is 0.598. The first-order valence-electron chi connectivity index (χ1n) is 11.1. The van der Waals surface area contributed by atoms with Crippen molar-refractivity contribution >= 4 is 27.9 Å². The van der Waals surface area contributed by atoms with Crippen LogP contribution in [0.3, 0.4) is 0 Å². The number of para-hydroxylation sites is 1. The predicted molar refractivity (Wildman–Crippen MR) is 138 cm³/mol. The molecule has 0 bridgehead atoms. The van der Waals surface area contributed by atoms with E-state index >= 15 is 0 Å². The second-order valence-electron chi connectivity index (χ2n) is 7.64. The third kappa shape index (κ3) is 6.80. The van der Waals surface area contributed by atoms with E-state index in [1.54, 1.807) is 30.3 Å². The highest BCUT2D eigenvalue weighted by Crippen LogP contribution is 2.30. The van der Waals surface area contributed by atoms with Gasteiger partial charge >= 0.3 is 11.9 Å². The maximum atomic E-state index is 12.6. The molecule has 0 aromatic heterocycles. The number of hydrogen-bond donors (Lipinski definition) is 0. The van der Waals surface area contributed by atoms with Crippen LogP contribution in [-0.4, -0.2) is 25.2 Å². The van der Waals surface area contributed by atoms with Gasteiger partial charge in [-0.3, -0.25) is 0 Å². The summed E-state index contributed by atoms with van der Waals surface area (Å²) in [5, 5.41) is 0. The average Bonchev–Trinajstić information content (AvgIpc) is 2.89. The lowest BCUT2D eigenvalue weighted by atomic mass is 10.1. The summed E-state index contributed by atoms with van der Waals surface area (Å²) in [7, 11) is 0. The van der Waals surface area contributed by atoms with Crippen LogP contribution in [0.25, 0.3) is 11.1 Å². The molecule has 5 nitrogen and oxygen atoms in total. The van der Waals surface area contributed by atoms with Crippen LogP contribution in [0.1, 0.15) is 15.9 Å². The van der Waals surface area contributed by atoms with Gasteiger partial charge in [0.15, 0.2) is 6.61 Å². The summed E-state index contributed by atoms with van der Waals surface area (Å²) in [4.78, 5) is 25.0. The minimum Gasteiger partial charge on any atom is -0.481 e. The molecule has 4 aromatic rings. The minimum absolute atomic E-state index is 0.129. The van der Waals surface area contributed by atoms with Crippen molar-refractivity contribution in [1.82, 2.24) is 0 Å². The Hall–Kier alpha value is -3.90. The van der Waals surface area contributed by atoms with Crippen molar-refractivity contribution in [1.29, 1.82) is 0 Å². The fourth-order valence-corrected chi connectivity index (χ4v) is 3.92. The highest BCUT2D eigenvalue weighted by molar-refractivity contribution is 9.10. The smallest absolute Gasteiger partial charge is 0.349 e. The second-order valence-corrected chi connectivity index (χ2v) is 8.50. The van der Waals surface area contributed by atoms with Crippen molar-refractivity contribution in [3.8, 4) is 22.6 Å². The standard InChI is InChI=1S/C29H23BrO5/c30-25-19-23(22-11-5-2-6-12-22)15-16-27(25)34-20-28(31)35-26-14-8-7-13-24(26)29(32)33-18-17-21-9-3-1-4-10-21/h1-16,19H,17-18,20H2. The van der Waals surface area contributed by atoms with Crippen LogP contribution >= 0.6 is 15.9 Å². The van der Waals surface area contributed by atoms with Crippen molar-refractivity contribution in [2.45, 2.75) is 6.42 Å². The third-order valence-corrected chi connectivity index (χ3v) is 5.80.